The minimum atomic E-state index is 0.636. The average molecular weight is 208 g/mol. The van der Waals surface area contributed by atoms with Gasteiger partial charge in [0.25, 0.3) is 0 Å². The molecule has 1 heterocycles. The van der Waals surface area contributed by atoms with Crippen LogP contribution in [0.15, 0.2) is 18.3 Å². The zero-order valence-corrected chi connectivity index (χ0v) is 9.79. The fourth-order valence-electron chi connectivity index (χ4n) is 1.28. The lowest BCUT2D eigenvalue weighted by molar-refractivity contribution is 0.111. The van der Waals surface area contributed by atoms with Gasteiger partial charge in [0.15, 0.2) is 0 Å². The van der Waals surface area contributed by atoms with Gasteiger partial charge in [0, 0.05) is 25.4 Å². The molecule has 3 nitrogen and oxygen atoms in total. The molecule has 0 fully saturated rings. The molecule has 1 aromatic heterocycles. The molecule has 0 saturated carbocycles. The predicted octanol–water partition coefficient (Wildman–Crippen LogP) is 2.69. The summed E-state index contributed by atoms with van der Waals surface area (Å²) in [7, 11) is 1.87. The monoisotopic (exact) mass is 208 g/mol. The van der Waals surface area contributed by atoms with Gasteiger partial charge in [0.05, 0.1) is 6.61 Å². The summed E-state index contributed by atoms with van der Waals surface area (Å²) in [6.45, 7) is 5.85. The van der Waals surface area contributed by atoms with E-state index in [0.29, 0.717) is 12.5 Å². The number of anilines is 1. The molecule has 1 aromatic rings. The number of hydrogen-bond donors (Lipinski definition) is 1. The third-order valence-corrected chi connectivity index (χ3v) is 2.23. The smallest absolute Gasteiger partial charge is 0.131 e. The Bertz CT molecular complexity index is 287. The van der Waals surface area contributed by atoms with Gasteiger partial charge in [-0.2, -0.15) is 0 Å². The molecule has 1 N–H and O–H groups in total. The van der Waals surface area contributed by atoms with Crippen LogP contribution in [0.4, 0.5) is 5.82 Å². The van der Waals surface area contributed by atoms with Crippen molar-refractivity contribution in [1.29, 1.82) is 0 Å². The zero-order chi connectivity index (χ0) is 11.1. The first-order valence-electron chi connectivity index (χ1n) is 5.43. The Morgan fingerprint density at radius 2 is 2.27 bits per heavy atom. The van der Waals surface area contributed by atoms with Gasteiger partial charge in [-0.1, -0.05) is 19.9 Å². The Labute approximate surface area is 91.9 Å². The summed E-state index contributed by atoms with van der Waals surface area (Å²) in [5.41, 5.74) is 1.11. The Balaban J connectivity index is 2.36. The summed E-state index contributed by atoms with van der Waals surface area (Å²) in [4.78, 5) is 4.22. The Hall–Kier alpha value is -1.09. The lowest BCUT2D eigenvalue weighted by atomic mass is 10.1. The lowest BCUT2D eigenvalue weighted by Gasteiger charge is -2.09. The van der Waals surface area contributed by atoms with Gasteiger partial charge in [0.2, 0.25) is 0 Å². The highest BCUT2D eigenvalue weighted by atomic mass is 16.5. The fourth-order valence-corrected chi connectivity index (χ4v) is 1.28. The number of aromatic nitrogens is 1. The molecule has 84 valence electrons. The van der Waals surface area contributed by atoms with E-state index in [-0.39, 0.29) is 0 Å². The summed E-state index contributed by atoms with van der Waals surface area (Å²) in [5.74, 6) is 1.60. The van der Waals surface area contributed by atoms with E-state index in [0.717, 1.165) is 24.4 Å². The van der Waals surface area contributed by atoms with Gasteiger partial charge in [-0.25, -0.2) is 4.98 Å². The first-order valence-corrected chi connectivity index (χ1v) is 5.43. The normalized spacial score (nSPS) is 10.7. The molecule has 0 aliphatic rings. The van der Waals surface area contributed by atoms with Crippen LogP contribution in [0.25, 0.3) is 0 Å². The second-order valence-electron chi connectivity index (χ2n) is 4.00. The van der Waals surface area contributed by atoms with Crippen LogP contribution in [0.2, 0.25) is 0 Å². The predicted molar refractivity (Wildman–Crippen MR) is 62.9 cm³/mol. The maximum atomic E-state index is 5.59. The molecule has 15 heavy (non-hydrogen) atoms. The molecule has 0 spiro atoms. The summed E-state index contributed by atoms with van der Waals surface area (Å²) in [6.07, 6.45) is 2.89. The van der Waals surface area contributed by atoms with Crippen molar-refractivity contribution in [2.75, 3.05) is 19.0 Å². The molecule has 0 aromatic carbocycles. The van der Waals surface area contributed by atoms with Crippen molar-refractivity contribution in [3.8, 4) is 0 Å². The Kier molecular flexibility index (Phi) is 5.12. The third kappa shape index (κ3) is 4.30. The molecule has 0 aliphatic heterocycles. The lowest BCUT2D eigenvalue weighted by Crippen LogP contribution is -2.03. The van der Waals surface area contributed by atoms with E-state index in [2.05, 4.69) is 24.1 Å². The molecular weight excluding hydrogens is 188 g/mol. The second kappa shape index (κ2) is 6.40. The molecular formula is C12H20N2O. The van der Waals surface area contributed by atoms with Gasteiger partial charge >= 0.3 is 0 Å². The minimum Gasteiger partial charge on any atom is -0.377 e. The van der Waals surface area contributed by atoms with Crippen molar-refractivity contribution in [2.45, 2.75) is 26.9 Å². The van der Waals surface area contributed by atoms with Crippen LogP contribution in [-0.2, 0) is 11.3 Å². The molecule has 0 saturated heterocycles. The fraction of sp³-hybridized carbons (Fsp3) is 0.583. The van der Waals surface area contributed by atoms with Crippen molar-refractivity contribution in [3.05, 3.63) is 23.9 Å². The van der Waals surface area contributed by atoms with Crippen molar-refractivity contribution >= 4 is 5.82 Å². The largest absolute Gasteiger partial charge is 0.377 e. The number of nitrogens with one attached hydrogen (secondary N) is 1. The molecule has 0 amide bonds. The molecule has 0 bridgehead atoms. The Morgan fingerprint density at radius 3 is 2.93 bits per heavy atom. The Morgan fingerprint density at radius 1 is 1.47 bits per heavy atom. The van der Waals surface area contributed by atoms with Crippen LogP contribution in [0.3, 0.4) is 0 Å². The molecule has 1 rings (SSSR count). The first kappa shape index (κ1) is 12.0. The van der Waals surface area contributed by atoms with Gasteiger partial charge < -0.3 is 10.1 Å². The number of ether oxygens (including phenoxy) is 1. The molecule has 3 heteroatoms. The number of rotatable bonds is 6. The van der Waals surface area contributed by atoms with Crippen LogP contribution in [0.1, 0.15) is 25.8 Å². The van der Waals surface area contributed by atoms with Gasteiger partial charge in [-0.05, 0) is 18.4 Å². The second-order valence-corrected chi connectivity index (χ2v) is 4.00. The topological polar surface area (TPSA) is 34.2 Å². The third-order valence-electron chi connectivity index (χ3n) is 2.23. The van der Waals surface area contributed by atoms with Gasteiger partial charge in [-0.3, -0.25) is 0 Å². The van der Waals surface area contributed by atoms with E-state index in [9.17, 15) is 0 Å². The standard InChI is InChI=1S/C12H20N2O/c1-10(2)6-8-15-9-11-5-4-7-14-12(11)13-3/h4-5,7,10H,6,8-9H2,1-3H3,(H,13,14). The molecule has 0 unspecified atom stereocenters. The van der Waals surface area contributed by atoms with E-state index in [4.69, 9.17) is 4.74 Å². The summed E-state index contributed by atoms with van der Waals surface area (Å²) in [6, 6.07) is 3.97. The van der Waals surface area contributed by atoms with Crippen LogP contribution < -0.4 is 5.32 Å². The number of nitrogens with zero attached hydrogens (tertiary/aromatic N) is 1. The zero-order valence-electron chi connectivity index (χ0n) is 9.79. The van der Waals surface area contributed by atoms with Crippen molar-refractivity contribution in [1.82, 2.24) is 4.98 Å². The minimum absolute atomic E-state index is 0.636. The van der Waals surface area contributed by atoms with Crippen LogP contribution in [-0.4, -0.2) is 18.6 Å². The maximum absolute atomic E-state index is 5.59. The van der Waals surface area contributed by atoms with Gasteiger partial charge in [-0.15, -0.1) is 0 Å². The SMILES string of the molecule is CNc1ncccc1COCCC(C)C. The highest BCUT2D eigenvalue weighted by Crippen LogP contribution is 2.12. The van der Waals surface area contributed by atoms with Crippen molar-refractivity contribution in [3.63, 3.8) is 0 Å². The van der Waals surface area contributed by atoms with E-state index in [1.165, 1.54) is 0 Å². The summed E-state index contributed by atoms with van der Waals surface area (Å²) >= 11 is 0. The quantitative estimate of drug-likeness (QED) is 0.730. The van der Waals surface area contributed by atoms with Crippen LogP contribution >= 0.6 is 0 Å². The molecule has 0 aliphatic carbocycles. The van der Waals surface area contributed by atoms with E-state index >= 15 is 0 Å². The van der Waals surface area contributed by atoms with E-state index in [1.807, 2.05) is 19.2 Å². The summed E-state index contributed by atoms with van der Waals surface area (Å²) in [5, 5.41) is 3.05. The van der Waals surface area contributed by atoms with E-state index < -0.39 is 0 Å². The molecule has 0 atom stereocenters. The highest BCUT2D eigenvalue weighted by Gasteiger charge is 2.01. The number of hydrogen-bond acceptors (Lipinski definition) is 3. The van der Waals surface area contributed by atoms with Gasteiger partial charge in [0.1, 0.15) is 5.82 Å². The maximum Gasteiger partial charge on any atom is 0.131 e. The average Bonchev–Trinajstić information content (AvgIpc) is 2.24. The van der Waals surface area contributed by atoms with Crippen molar-refractivity contribution in [2.24, 2.45) is 5.92 Å². The number of pyridine rings is 1. The first-order chi connectivity index (χ1) is 7.24. The molecule has 0 radical (unpaired) electrons. The highest BCUT2D eigenvalue weighted by molar-refractivity contribution is 5.42. The van der Waals surface area contributed by atoms with Crippen molar-refractivity contribution < 1.29 is 4.74 Å². The summed E-state index contributed by atoms with van der Waals surface area (Å²) < 4.78 is 5.59. The van der Waals surface area contributed by atoms with E-state index in [1.54, 1.807) is 6.20 Å². The van der Waals surface area contributed by atoms with Crippen LogP contribution in [0, 0.1) is 5.92 Å². The van der Waals surface area contributed by atoms with Crippen LogP contribution in [0.5, 0.6) is 0 Å².